The summed E-state index contributed by atoms with van der Waals surface area (Å²) in [7, 11) is 2.12. The van der Waals surface area contributed by atoms with Crippen molar-refractivity contribution >= 4 is 17.4 Å². The zero-order valence-electron chi connectivity index (χ0n) is 15.4. The van der Waals surface area contributed by atoms with Gasteiger partial charge in [0, 0.05) is 57.2 Å². The Balaban J connectivity index is 1.56. The molecule has 0 saturated carbocycles. The lowest BCUT2D eigenvalue weighted by Gasteiger charge is -2.38. The van der Waals surface area contributed by atoms with Gasteiger partial charge in [-0.2, -0.15) is 0 Å². The monoisotopic (exact) mass is 346 g/mol. The maximum atomic E-state index is 12.6. The molecule has 1 atom stereocenters. The second-order valence-corrected chi connectivity index (χ2v) is 7.07. The van der Waals surface area contributed by atoms with Gasteiger partial charge in [-0.3, -0.25) is 4.90 Å². The van der Waals surface area contributed by atoms with Gasteiger partial charge in [-0.1, -0.05) is 6.92 Å². The number of aliphatic hydroxyl groups excluding tert-OH is 1. The highest BCUT2D eigenvalue weighted by Gasteiger charge is 2.25. The number of nitrogens with zero attached hydrogens (tertiary/aromatic N) is 3. The van der Waals surface area contributed by atoms with Crippen LogP contribution >= 0.6 is 0 Å². The summed E-state index contributed by atoms with van der Waals surface area (Å²) in [5.74, 6) is 0. The summed E-state index contributed by atoms with van der Waals surface area (Å²) < 4.78 is 0. The predicted octanol–water partition coefficient (Wildman–Crippen LogP) is 1.99. The first-order valence-corrected chi connectivity index (χ1v) is 9.37. The highest BCUT2D eigenvalue weighted by atomic mass is 16.3. The second kappa shape index (κ2) is 8.06. The first-order chi connectivity index (χ1) is 12.1. The van der Waals surface area contributed by atoms with Crippen LogP contribution in [0.5, 0.6) is 0 Å². The van der Waals surface area contributed by atoms with Crippen LogP contribution in [0.15, 0.2) is 18.2 Å². The normalized spacial score (nSPS) is 19.5. The van der Waals surface area contributed by atoms with Crippen molar-refractivity contribution in [2.75, 3.05) is 56.6 Å². The van der Waals surface area contributed by atoms with E-state index in [0.717, 1.165) is 44.6 Å². The smallest absolute Gasteiger partial charge is 0.321 e. The summed E-state index contributed by atoms with van der Waals surface area (Å²) in [5, 5.41) is 12.5. The molecule has 0 spiro atoms. The fourth-order valence-electron chi connectivity index (χ4n) is 3.86. The minimum absolute atomic E-state index is 0.0270. The van der Waals surface area contributed by atoms with Crippen LogP contribution in [0.25, 0.3) is 0 Å². The Morgan fingerprint density at radius 2 is 2.00 bits per heavy atom. The number of benzene rings is 1. The lowest BCUT2D eigenvalue weighted by Crippen LogP contribution is -2.53. The van der Waals surface area contributed by atoms with Gasteiger partial charge in [0.25, 0.3) is 0 Å². The average molecular weight is 346 g/mol. The summed E-state index contributed by atoms with van der Waals surface area (Å²) >= 11 is 0. The number of rotatable bonds is 4. The van der Waals surface area contributed by atoms with Gasteiger partial charge in [-0.15, -0.1) is 0 Å². The molecule has 0 aliphatic carbocycles. The van der Waals surface area contributed by atoms with Crippen LogP contribution in [0.2, 0.25) is 0 Å². The van der Waals surface area contributed by atoms with E-state index in [1.807, 2.05) is 11.0 Å². The molecule has 25 heavy (non-hydrogen) atoms. The van der Waals surface area contributed by atoms with Crippen molar-refractivity contribution in [3.8, 4) is 0 Å². The van der Waals surface area contributed by atoms with E-state index in [0.29, 0.717) is 13.1 Å². The number of aryl methyl sites for hydroxylation is 1. The largest absolute Gasteiger partial charge is 0.395 e. The summed E-state index contributed by atoms with van der Waals surface area (Å²) in [6, 6.07) is 6.39. The standard InChI is InChI=1S/C19H30N4O2/c1-3-17(14-24)22-9-11-23(12-10-22)19(25)20-16-6-7-18-15(13-16)5-4-8-21(18)2/h6-7,13,17,24H,3-5,8-12,14H2,1-2H3,(H,20,25). The zero-order chi connectivity index (χ0) is 17.8. The van der Waals surface area contributed by atoms with Gasteiger partial charge >= 0.3 is 6.03 Å². The van der Waals surface area contributed by atoms with Gasteiger partial charge < -0.3 is 20.2 Å². The summed E-state index contributed by atoms with van der Waals surface area (Å²) in [6.45, 7) is 6.42. The molecule has 1 aromatic rings. The van der Waals surface area contributed by atoms with Gasteiger partial charge in [0.2, 0.25) is 0 Å². The number of hydrogen-bond donors (Lipinski definition) is 2. The Labute approximate surface area is 150 Å². The first-order valence-electron chi connectivity index (χ1n) is 9.37. The molecular weight excluding hydrogens is 316 g/mol. The van der Waals surface area contributed by atoms with Gasteiger partial charge in [0.1, 0.15) is 0 Å². The maximum absolute atomic E-state index is 12.6. The van der Waals surface area contributed by atoms with Crippen molar-refractivity contribution in [1.82, 2.24) is 9.80 Å². The maximum Gasteiger partial charge on any atom is 0.321 e. The molecule has 0 radical (unpaired) electrons. The Kier molecular flexibility index (Phi) is 5.81. The Bertz CT molecular complexity index is 595. The Morgan fingerprint density at radius 3 is 2.68 bits per heavy atom. The molecule has 1 saturated heterocycles. The molecule has 0 aromatic heterocycles. The van der Waals surface area contributed by atoms with E-state index in [4.69, 9.17) is 0 Å². The van der Waals surface area contributed by atoms with Crippen LogP contribution < -0.4 is 10.2 Å². The van der Waals surface area contributed by atoms with Gasteiger partial charge in [0.15, 0.2) is 0 Å². The van der Waals surface area contributed by atoms with Gasteiger partial charge in [0.05, 0.1) is 6.61 Å². The average Bonchev–Trinajstić information content (AvgIpc) is 2.63. The number of amides is 2. The van der Waals surface area contributed by atoms with Crippen molar-refractivity contribution in [2.24, 2.45) is 0 Å². The van der Waals surface area contributed by atoms with Gasteiger partial charge in [-0.25, -0.2) is 4.79 Å². The van der Waals surface area contributed by atoms with E-state index in [9.17, 15) is 9.90 Å². The van der Waals surface area contributed by atoms with E-state index in [2.05, 4.69) is 41.2 Å². The van der Waals surface area contributed by atoms with Crippen molar-refractivity contribution < 1.29 is 9.90 Å². The number of anilines is 2. The number of nitrogens with one attached hydrogen (secondary N) is 1. The molecule has 1 fully saturated rings. The molecule has 2 aliphatic heterocycles. The van der Waals surface area contributed by atoms with Crippen molar-refractivity contribution in [3.63, 3.8) is 0 Å². The summed E-state index contributed by atoms with van der Waals surface area (Å²) in [4.78, 5) is 19.0. The van der Waals surface area contributed by atoms with Crippen LogP contribution in [0.1, 0.15) is 25.3 Å². The van der Waals surface area contributed by atoms with Crippen molar-refractivity contribution in [2.45, 2.75) is 32.2 Å². The number of hydrogen-bond acceptors (Lipinski definition) is 4. The van der Waals surface area contributed by atoms with E-state index in [1.165, 1.54) is 11.3 Å². The number of carbonyl (C=O) groups excluding carboxylic acids is 1. The number of urea groups is 1. The third-order valence-electron chi connectivity index (χ3n) is 5.48. The summed E-state index contributed by atoms with van der Waals surface area (Å²) in [6.07, 6.45) is 3.17. The van der Waals surface area contributed by atoms with Crippen molar-refractivity contribution in [1.29, 1.82) is 0 Å². The van der Waals surface area contributed by atoms with E-state index in [-0.39, 0.29) is 18.7 Å². The van der Waals surface area contributed by atoms with E-state index in [1.54, 1.807) is 0 Å². The molecule has 2 heterocycles. The second-order valence-electron chi connectivity index (χ2n) is 7.07. The highest BCUT2D eigenvalue weighted by Crippen LogP contribution is 2.28. The van der Waals surface area contributed by atoms with Gasteiger partial charge in [-0.05, 0) is 43.0 Å². The zero-order valence-corrected chi connectivity index (χ0v) is 15.4. The molecule has 138 valence electrons. The van der Waals surface area contributed by atoms with E-state index < -0.39 is 0 Å². The lowest BCUT2D eigenvalue weighted by atomic mass is 10.0. The molecule has 6 heteroatoms. The molecule has 2 N–H and O–H groups in total. The quantitative estimate of drug-likeness (QED) is 0.875. The molecule has 6 nitrogen and oxygen atoms in total. The molecule has 1 aromatic carbocycles. The molecule has 3 rings (SSSR count). The Morgan fingerprint density at radius 1 is 1.24 bits per heavy atom. The molecule has 2 aliphatic rings. The predicted molar refractivity (Wildman–Crippen MR) is 101 cm³/mol. The van der Waals surface area contributed by atoms with Crippen LogP contribution in [0.3, 0.4) is 0 Å². The van der Waals surface area contributed by atoms with Crippen molar-refractivity contribution in [3.05, 3.63) is 23.8 Å². The van der Waals surface area contributed by atoms with Crippen LogP contribution in [0.4, 0.5) is 16.2 Å². The topological polar surface area (TPSA) is 59.1 Å². The Hall–Kier alpha value is -1.79. The van der Waals surface area contributed by atoms with Crippen LogP contribution in [-0.2, 0) is 6.42 Å². The fourth-order valence-corrected chi connectivity index (χ4v) is 3.86. The van der Waals surface area contributed by atoms with Crippen LogP contribution in [0, 0.1) is 0 Å². The number of fused-ring (bicyclic) bond motifs is 1. The number of carbonyl (C=O) groups is 1. The molecule has 1 unspecified atom stereocenters. The molecule has 2 amide bonds. The third kappa shape index (κ3) is 4.07. The number of piperazine rings is 1. The van der Waals surface area contributed by atoms with Crippen LogP contribution in [-0.4, -0.2) is 73.4 Å². The SMILES string of the molecule is CCC(CO)N1CCN(C(=O)Nc2ccc3c(c2)CCCN3C)CC1. The lowest BCUT2D eigenvalue weighted by molar-refractivity contribution is 0.0766. The molecular formula is C19H30N4O2. The third-order valence-corrected chi connectivity index (χ3v) is 5.48. The summed E-state index contributed by atoms with van der Waals surface area (Å²) in [5.41, 5.74) is 3.46. The van der Waals surface area contributed by atoms with E-state index >= 15 is 0 Å². The molecule has 0 bridgehead atoms. The first kappa shape index (κ1) is 18.0. The minimum atomic E-state index is -0.0270. The highest BCUT2D eigenvalue weighted by molar-refractivity contribution is 5.90. The fraction of sp³-hybridized carbons (Fsp3) is 0.632. The number of aliphatic hydroxyl groups is 1. The minimum Gasteiger partial charge on any atom is -0.395 e.